The molecule has 4 nitrogen and oxygen atoms in total. The lowest BCUT2D eigenvalue weighted by molar-refractivity contribution is -0.115. The molecule has 0 unspecified atom stereocenters. The van der Waals surface area contributed by atoms with Crippen molar-refractivity contribution in [3.8, 4) is 0 Å². The Balaban J connectivity index is 1.95. The number of amides is 2. The molecule has 0 aliphatic rings. The largest absolute Gasteiger partial charge is 0.326 e. The van der Waals surface area contributed by atoms with E-state index in [-0.39, 0.29) is 22.1 Å². The van der Waals surface area contributed by atoms with Gasteiger partial charge < -0.3 is 10.6 Å². The highest BCUT2D eigenvalue weighted by Gasteiger charge is 2.15. The first-order valence-electron chi connectivity index (χ1n) is 7.15. The van der Waals surface area contributed by atoms with Crippen LogP contribution in [0.1, 0.15) is 13.8 Å². The number of rotatable bonds is 5. The Hall–Kier alpha value is -2.05. The van der Waals surface area contributed by atoms with E-state index >= 15 is 0 Å². The minimum absolute atomic E-state index is 0.0289. The molecule has 2 aromatic rings. The molecule has 2 aromatic carbocycles. The minimum atomic E-state index is -0.489. The summed E-state index contributed by atoms with van der Waals surface area (Å²) in [6, 6.07) is 11.2. The van der Waals surface area contributed by atoms with Gasteiger partial charge >= 0.3 is 0 Å². The van der Waals surface area contributed by atoms with Crippen LogP contribution in [-0.2, 0) is 9.59 Å². The second-order valence-corrected chi connectivity index (χ2v) is 6.91. The molecule has 0 heterocycles. The number of halogens is 2. The van der Waals surface area contributed by atoms with Crippen LogP contribution in [0.25, 0.3) is 0 Å². The summed E-state index contributed by atoms with van der Waals surface area (Å²) in [5.41, 5.74) is 1.28. The Morgan fingerprint density at radius 2 is 1.67 bits per heavy atom. The van der Waals surface area contributed by atoms with E-state index in [1.165, 1.54) is 30.8 Å². The maximum Gasteiger partial charge on any atom is 0.237 e. The van der Waals surface area contributed by atoms with Gasteiger partial charge in [0.2, 0.25) is 11.8 Å². The summed E-state index contributed by atoms with van der Waals surface area (Å²) in [4.78, 5) is 23.9. The monoisotopic (exact) mass is 366 g/mol. The van der Waals surface area contributed by atoms with Crippen LogP contribution in [-0.4, -0.2) is 17.1 Å². The zero-order valence-corrected chi connectivity index (χ0v) is 14.7. The number of carbonyl (C=O) groups is 2. The van der Waals surface area contributed by atoms with Gasteiger partial charge in [0, 0.05) is 23.2 Å². The Labute approximate surface area is 148 Å². The smallest absolute Gasteiger partial charge is 0.237 e. The SMILES string of the molecule is CC(=O)Nc1ccc(NC(=O)[C@H](C)Sc2ccc(F)c(Cl)c2)cc1. The number of hydrogen-bond acceptors (Lipinski definition) is 3. The lowest BCUT2D eigenvalue weighted by Gasteiger charge is -2.13. The van der Waals surface area contributed by atoms with Crippen molar-refractivity contribution >= 4 is 46.6 Å². The van der Waals surface area contributed by atoms with Crippen LogP contribution in [0.15, 0.2) is 47.4 Å². The van der Waals surface area contributed by atoms with E-state index < -0.39 is 5.82 Å². The van der Waals surface area contributed by atoms with Crippen molar-refractivity contribution in [2.75, 3.05) is 10.6 Å². The second kappa shape index (κ2) is 8.17. The third kappa shape index (κ3) is 5.25. The van der Waals surface area contributed by atoms with E-state index in [2.05, 4.69) is 10.6 Å². The van der Waals surface area contributed by atoms with Crippen LogP contribution in [0, 0.1) is 5.82 Å². The molecule has 126 valence electrons. The molecule has 0 aliphatic carbocycles. The van der Waals surface area contributed by atoms with Crippen molar-refractivity contribution < 1.29 is 14.0 Å². The molecule has 0 saturated carbocycles. The van der Waals surface area contributed by atoms with E-state index in [4.69, 9.17) is 11.6 Å². The summed E-state index contributed by atoms with van der Waals surface area (Å²) in [6.07, 6.45) is 0. The normalized spacial score (nSPS) is 11.7. The van der Waals surface area contributed by atoms with Crippen molar-refractivity contribution in [3.05, 3.63) is 53.3 Å². The van der Waals surface area contributed by atoms with Crippen molar-refractivity contribution in [2.45, 2.75) is 24.0 Å². The number of carbonyl (C=O) groups excluding carboxylic acids is 2. The van der Waals surface area contributed by atoms with E-state index in [9.17, 15) is 14.0 Å². The predicted molar refractivity (Wildman–Crippen MR) is 96.1 cm³/mol. The molecule has 0 aliphatic heterocycles. The second-order valence-electron chi connectivity index (χ2n) is 5.08. The fourth-order valence-electron chi connectivity index (χ4n) is 1.89. The number of benzene rings is 2. The van der Waals surface area contributed by atoms with Gasteiger partial charge in [0.15, 0.2) is 0 Å². The summed E-state index contributed by atoms with van der Waals surface area (Å²) in [5.74, 6) is -0.833. The molecule has 0 bridgehead atoms. The van der Waals surface area contributed by atoms with Crippen LogP contribution in [0.4, 0.5) is 15.8 Å². The van der Waals surface area contributed by atoms with Crippen LogP contribution in [0.3, 0.4) is 0 Å². The van der Waals surface area contributed by atoms with Gasteiger partial charge in [-0.05, 0) is 49.4 Å². The van der Waals surface area contributed by atoms with Gasteiger partial charge in [-0.3, -0.25) is 9.59 Å². The Kier molecular flexibility index (Phi) is 6.23. The summed E-state index contributed by atoms with van der Waals surface area (Å²) < 4.78 is 13.1. The lowest BCUT2D eigenvalue weighted by Crippen LogP contribution is -2.22. The van der Waals surface area contributed by atoms with Crippen LogP contribution >= 0.6 is 23.4 Å². The van der Waals surface area contributed by atoms with Gasteiger partial charge in [0.25, 0.3) is 0 Å². The highest BCUT2D eigenvalue weighted by molar-refractivity contribution is 8.00. The molecule has 24 heavy (non-hydrogen) atoms. The molecule has 1 atom stereocenters. The predicted octanol–water partition coefficient (Wildman–Crippen LogP) is 4.56. The Morgan fingerprint density at radius 1 is 1.08 bits per heavy atom. The highest BCUT2D eigenvalue weighted by atomic mass is 35.5. The zero-order valence-electron chi connectivity index (χ0n) is 13.1. The van der Waals surface area contributed by atoms with Crippen LogP contribution in [0.5, 0.6) is 0 Å². The number of hydrogen-bond donors (Lipinski definition) is 2. The van der Waals surface area contributed by atoms with Gasteiger partial charge in [-0.1, -0.05) is 11.6 Å². The average Bonchev–Trinajstić information content (AvgIpc) is 2.52. The van der Waals surface area contributed by atoms with E-state index in [0.717, 1.165) is 0 Å². The standard InChI is InChI=1S/C17H16ClFN2O2S/c1-10(24-14-7-8-16(19)15(18)9-14)17(23)21-13-5-3-12(4-6-13)20-11(2)22/h3-10H,1-2H3,(H,20,22)(H,21,23)/t10-/m0/s1. The Bertz CT molecular complexity index is 753. The summed E-state index contributed by atoms with van der Waals surface area (Å²) in [6.45, 7) is 3.18. The van der Waals surface area contributed by atoms with Crippen molar-refractivity contribution in [2.24, 2.45) is 0 Å². The molecule has 0 radical (unpaired) electrons. The Morgan fingerprint density at radius 3 is 2.21 bits per heavy atom. The average molecular weight is 367 g/mol. The number of nitrogens with one attached hydrogen (secondary N) is 2. The maximum absolute atomic E-state index is 13.1. The summed E-state index contributed by atoms with van der Waals surface area (Å²) in [5, 5.41) is 5.08. The quantitative estimate of drug-likeness (QED) is 0.763. The van der Waals surface area contributed by atoms with Gasteiger partial charge in [-0.15, -0.1) is 11.8 Å². The van der Waals surface area contributed by atoms with Crippen LogP contribution < -0.4 is 10.6 Å². The van der Waals surface area contributed by atoms with Gasteiger partial charge in [-0.2, -0.15) is 0 Å². The molecule has 2 rings (SSSR count). The van der Waals surface area contributed by atoms with Gasteiger partial charge in [0.1, 0.15) is 5.82 Å². The fraction of sp³-hybridized carbons (Fsp3) is 0.176. The molecule has 0 aromatic heterocycles. The number of thioether (sulfide) groups is 1. The van der Waals surface area contributed by atoms with Crippen LogP contribution in [0.2, 0.25) is 5.02 Å². The van der Waals surface area contributed by atoms with Crippen molar-refractivity contribution in [1.29, 1.82) is 0 Å². The number of anilines is 2. The lowest BCUT2D eigenvalue weighted by atomic mass is 10.2. The van der Waals surface area contributed by atoms with E-state index in [1.54, 1.807) is 37.3 Å². The molecular formula is C17H16ClFN2O2S. The van der Waals surface area contributed by atoms with E-state index in [1.807, 2.05) is 0 Å². The first-order chi connectivity index (χ1) is 11.3. The molecule has 0 fully saturated rings. The first-order valence-corrected chi connectivity index (χ1v) is 8.41. The van der Waals surface area contributed by atoms with Crippen molar-refractivity contribution in [3.63, 3.8) is 0 Å². The molecular weight excluding hydrogens is 351 g/mol. The molecule has 7 heteroatoms. The molecule has 2 N–H and O–H groups in total. The summed E-state index contributed by atoms with van der Waals surface area (Å²) >= 11 is 7.02. The minimum Gasteiger partial charge on any atom is -0.326 e. The topological polar surface area (TPSA) is 58.2 Å². The third-order valence-electron chi connectivity index (χ3n) is 3.05. The summed E-state index contributed by atoms with van der Waals surface area (Å²) in [7, 11) is 0. The van der Waals surface area contributed by atoms with Crippen molar-refractivity contribution in [1.82, 2.24) is 0 Å². The van der Waals surface area contributed by atoms with Gasteiger partial charge in [-0.25, -0.2) is 4.39 Å². The van der Waals surface area contributed by atoms with Gasteiger partial charge in [0.05, 0.1) is 10.3 Å². The maximum atomic E-state index is 13.1. The molecule has 2 amide bonds. The third-order valence-corrected chi connectivity index (χ3v) is 4.43. The first kappa shape index (κ1) is 18.3. The zero-order chi connectivity index (χ0) is 17.7. The van der Waals surface area contributed by atoms with E-state index in [0.29, 0.717) is 16.3 Å². The molecule has 0 spiro atoms. The molecule has 0 saturated heterocycles. The fourth-order valence-corrected chi connectivity index (χ4v) is 3.04. The highest BCUT2D eigenvalue weighted by Crippen LogP contribution is 2.28.